The Morgan fingerprint density at radius 2 is 1.87 bits per heavy atom. The van der Waals surface area contributed by atoms with Crippen molar-refractivity contribution in [2.75, 3.05) is 6.54 Å². The molecular formula is C23H25N5O3. The average Bonchev–Trinajstić information content (AvgIpc) is 3.21. The van der Waals surface area contributed by atoms with Crippen LogP contribution in [0.5, 0.6) is 0 Å². The molecule has 0 aliphatic carbocycles. The van der Waals surface area contributed by atoms with Gasteiger partial charge in [-0.15, -0.1) is 0 Å². The van der Waals surface area contributed by atoms with E-state index in [1.807, 2.05) is 49.7 Å². The lowest BCUT2D eigenvalue weighted by atomic mass is 10.0. The van der Waals surface area contributed by atoms with Gasteiger partial charge in [0.25, 0.3) is 11.8 Å². The number of fused-ring (bicyclic) bond motifs is 2. The van der Waals surface area contributed by atoms with Gasteiger partial charge in [0.2, 0.25) is 5.91 Å². The number of nitrogens with zero attached hydrogens (tertiary/aromatic N) is 4. The third-order valence-corrected chi connectivity index (χ3v) is 5.60. The highest BCUT2D eigenvalue weighted by molar-refractivity contribution is 6.20. The Morgan fingerprint density at radius 3 is 2.58 bits per heavy atom. The topological polar surface area (TPSA) is 97.2 Å². The van der Waals surface area contributed by atoms with E-state index in [0.717, 1.165) is 21.8 Å². The normalized spacial score (nSPS) is 14.4. The van der Waals surface area contributed by atoms with Crippen LogP contribution in [0.15, 0.2) is 42.6 Å². The molecule has 160 valence electrons. The molecule has 3 heterocycles. The van der Waals surface area contributed by atoms with Gasteiger partial charge >= 0.3 is 0 Å². The lowest BCUT2D eigenvalue weighted by Gasteiger charge is -2.22. The lowest BCUT2D eigenvalue weighted by molar-refractivity contribution is -0.122. The van der Waals surface area contributed by atoms with Crippen LogP contribution in [0, 0.1) is 5.92 Å². The van der Waals surface area contributed by atoms with Crippen LogP contribution >= 0.6 is 0 Å². The summed E-state index contributed by atoms with van der Waals surface area (Å²) in [5.74, 6) is 0.0484. The van der Waals surface area contributed by atoms with Gasteiger partial charge in [0.15, 0.2) is 0 Å². The summed E-state index contributed by atoms with van der Waals surface area (Å²) in [6.45, 7) is 4.26. The standard InChI is InChI=1S/C23H25N5O3/c1-14(2)19(21-25-16-9-4-5-10-17(16)27(21)3)26-18(29)11-7-13-28-22(30)15-8-6-12-24-20(15)23(28)31/h4-6,8-10,12,14,19H,7,11,13H2,1-3H3,(H,26,29). The van der Waals surface area contributed by atoms with Gasteiger partial charge in [-0.2, -0.15) is 0 Å². The molecule has 8 heteroatoms. The highest BCUT2D eigenvalue weighted by Crippen LogP contribution is 2.25. The molecule has 0 spiro atoms. The SMILES string of the molecule is CC(C)C(NC(=O)CCCN1C(=O)c2cccnc2C1=O)c1nc2ccccc2n1C. The van der Waals surface area contributed by atoms with Gasteiger partial charge in [-0.25, -0.2) is 4.98 Å². The van der Waals surface area contributed by atoms with Gasteiger partial charge in [0.1, 0.15) is 11.5 Å². The molecule has 1 unspecified atom stereocenters. The van der Waals surface area contributed by atoms with Crippen molar-refractivity contribution in [1.29, 1.82) is 0 Å². The second-order valence-corrected chi connectivity index (χ2v) is 8.07. The molecule has 1 aromatic carbocycles. The molecule has 1 atom stereocenters. The molecule has 0 saturated carbocycles. The summed E-state index contributed by atoms with van der Waals surface area (Å²) in [4.78, 5) is 47.3. The maximum atomic E-state index is 12.7. The fourth-order valence-corrected chi connectivity index (χ4v) is 3.93. The van der Waals surface area contributed by atoms with Crippen LogP contribution in [0.2, 0.25) is 0 Å². The Morgan fingerprint density at radius 1 is 1.10 bits per heavy atom. The fourth-order valence-electron chi connectivity index (χ4n) is 3.93. The first-order chi connectivity index (χ1) is 14.9. The van der Waals surface area contributed by atoms with E-state index in [1.165, 1.54) is 6.20 Å². The van der Waals surface area contributed by atoms with Crippen molar-refractivity contribution in [3.05, 3.63) is 59.7 Å². The Labute approximate surface area is 180 Å². The van der Waals surface area contributed by atoms with Gasteiger partial charge < -0.3 is 9.88 Å². The Balaban J connectivity index is 1.39. The summed E-state index contributed by atoms with van der Waals surface area (Å²) in [5, 5.41) is 3.08. The fraction of sp³-hybridized carbons (Fsp3) is 0.348. The summed E-state index contributed by atoms with van der Waals surface area (Å²) >= 11 is 0. The second-order valence-electron chi connectivity index (χ2n) is 8.07. The molecule has 1 aliphatic rings. The zero-order chi connectivity index (χ0) is 22.1. The quantitative estimate of drug-likeness (QED) is 0.594. The van der Waals surface area contributed by atoms with Crippen LogP contribution in [0.1, 0.15) is 59.4 Å². The minimum atomic E-state index is -0.402. The molecule has 0 saturated heterocycles. The number of carbonyl (C=O) groups excluding carboxylic acids is 3. The first kappa shape index (κ1) is 20.7. The Kier molecular flexibility index (Phi) is 5.54. The number of carbonyl (C=O) groups is 3. The van der Waals surface area contributed by atoms with Crippen molar-refractivity contribution in [1.82, 2.24) is 24.8 Å². The summed E-state index contributed by atoms with van der Waals surface area (Å²) in [5.41, 5.74) is 2.40. The van der Waals surface area contributed by atoms with E-state index in [0.29, 0.717) is 12.0 Å². The minimum Gasteiger partial charge on any atom is -0.346 e. The highest BCUT2D eigenvalue weighted by Gasteiger charge is 2.36. The Bertz CT molecular complexity index is 1130. The van der Waals surface area contributed by atoms with Crippen LogP contribution in [-0.2, 0) is 11.8 Å². The van der Waals surface area contributed by atoms with Crippen molar-refractivity contribution in [3.8, 4) is 0 Å². The number of benzene rings is 1. The zero-order valence-corrected chi connectivity index (χ0v) is 17.8. The molecule has 4 rings (SSSR count). The van der Waals surface area contributed by atoms with E-state index < -0.39 is 5.91 Å². The van der Waals surface area contributed by atoms with Crippen LogP contribution < -0.4 is 5.32 Å². The number of imide groups is 1. The number of aromatic nitrogens is 3. The number of rotatable bonds is 7. The molecule has 3 amide bonds. The van der Waals surface area contributed by atoms with Gasteiger partial charge in [-0.1, -0.05) is 26.0 Å². The van der Waals surface area contributed by atoms with Gasteiger partial charge in [-0.05, 0) is 36.6 Å². The maximum Gasteiger partial charge on any atom is 0.280 e. The molecule has 0 radical (unpaired) electrons. The molecule has 1 N–H and O–H groups in total. The summed E-state index contributed by atoms with van der Waals surface area (Å²) in [6.07, 6.45) is 2.08. The number of aryl methyl sites for hydroxylation is 1. The molecule has 2 aromatic heterocycles. The second kappa shape index (κ2) is 8.29. The number of pyridine rings is 1. The highest BCUT2D eigenvalue weighted by atomic mass is 16.2. The molecule has 31 heavy (non-hydrogen) atoms. The summed E-state index contributed by atoms with van der Waals surface area (Å²) < 4.78 is 2.01. The zero-order valence-electron chi connectivity index (χ0n) is 17.8. The Hall–Kier alpha value is -3.55. The van der Waals surface area contributed by atoms with E-state index in [-0.39, 0.29) is 42.4 Å². The van der Waals surface area contributed by atoms with Crippen LogP contribution in [-0.4, -0.2) is 43.7 Å². The van der Waals surface area contributed by atoms with E-state index in [9.17, 15) is 14.4 Å². The molecule has 0 fully saturated rings. The van der Waals surface area contributed by atoms with Crippen LogP contribution in [0.25, 0.3) is 11.0 Å². The number of imidazole rings is 1. The van der Waals surface area contributed by atoms with Crippen molar-refractivity contribution in [2.24, 2.45) is 13.0 Å². The number of nitrogens with one attached hydrogen (secondary N) is 1. The lowest BCUT2D eigenvalue weighted by Crippen LogP contribution is -2.35. The number of para-hydroxylation sites is 2. The van der Waals surface area contributed by atoms with Crippen LogP contribution in [0.3, 0.4) is 0 Å². The number of hydrogen-bond donors (Lipinski definition) is 1. The van der Waals surface area contributed by atoms with Gasteiger partial charge in [-0.3, -0.25) is 24.3 Å². The van der Waals surface area contributed by atoms with Gasteiger partial charge in [0, 0.05) is 26.2 Å². The van der Waals surface area contributed by atoms with Crippen LogP contribution in [0.4, 0.5) is 0 Å². The predicted octanol–water partition coefficient (Wildman–Crippen LogP) is 2.86. The smallest absolute Gasteiger partial charge is 0.280 e. The van der Waals surface area contributed by atoms with E-state index in [4.69, 9.17) is 4.98 Å². The first-order valence-electron chi connectivity index (χ1n) is 10.4. The van der Waals surface area contributed by atoms with E-state index >= 15 is 0 Å². The number of amides is 3. The summed E-state index contributed by atoms with van der Waals surface area (Å²) in [6, 6.07) is 10.8. The predicted molar refractivity (Wildman–Crippen MR) is 115 cm³/mol. The molecule has 1 aliphatic heterocycles. The monoisotopic (exact) mass is 419 g/mol. The largest absolute Gasteiger partial charge is 0.346 e. The van der Waals surface area contributed by atoms with E-state index in [1.54, 1.807) is 12.1 Å². The average molecular weight is 419 g/mol. The van der Waals surface area contributed by atoms with Crippen molar-refractivity contribution < 1.29 is 14.4 Å². The molecular weight excluding hydrogens is 394 g/mol. The summed E-state index contributed by atoms with van der Waals surface area (Å²) in [7, 11) is 1.95. The van der Waals surface area contributed by atoms with Crippen molar-refractivity contribution in [2.45, 2.75) is 32.7 Å². The van der Waals surface area contributed by atoms with Crippen molar-refractivity contribution >= 4 is 28.8 Å². The third kappa shape index (κ3) is 3.81. The number of hydrogen-bond acceptors (Lipinski definition) is 5. The van der Waals surface area contributed by atoms with E-state index in [2.05, 4.69) is 10.3 Å². The van der Waals surface area contributed by atoms with Crippen molar-refractivity contribution in [3.63, 3.8) is 0 Å². The third-order valence-electron chi connectivity index (χ3n) is 5.60. The van der Waals surface area contributed by atoms with Gasteiger partial charge in [0.05, 0.1) is 22.6 Å². The first-order valence-corrected chi connectivity index (χ1v) is 10.4. The molecule has 0 bridgehead atoms. The molecule has 8 nitrogen and oxygen atoms in total. The maximum absolute atomic E-state index is 12.7. The minimum absolute atomic E-state index is 0.138. The molecule has 3 aromatic rings.